The molecule has 164 valence electrons. The molecule has 1 aromatic heterocycles. The van der Waals surface area contributed by atoms with Gasteiger partial charge in [0.15, 0.2) is 0 Å². The largest absolute Gasteiger partial charge is 0.353 e. The molecule has 0 aliphatic carbocycles. The third kappa shape index (κ3) is 6.98. The van der Waals surface area contributed by atoms with E-state index in [1.165, 1.54) is 11.3 Å². The molecule has 3 rings (SSSR count). The van der Waals surface area contributed by atoms with Crippen molar-refractivity contribution in [2.45, 2.75) is 61.8 Å². The van der Waals surface area contributed by atoms with Crippen molar-refractivity contribution in [3.05, 3.63) is 77.1 Å². The van der Waals surface area contributed by atoms with Crippen molar-refractivity contribution < 1.29 is 0 Å². The average Bonchev–Trinajstić information content (AvgIpc) is 2.94. The van der Waals surface area contributed by atoms with Crippen LogP contribution in [-0.4, -0.2) is 22.5 Å². The summed E-state index contributed by atoms with van der Waals surface area (Å²) in [6.45, 7) is 20.2. The fourth-order valence-corrected chi connectivity index (χ4v) is 2.95. The van der Waals surface area contributed by atoms with E-state index in [1.807, 2.05) is 47.7 Å². The van der Waals surface area contributed by atoms with Gasteiger partial charge in [-0.15, -0.1) is 6.58 Å². The number of fused-ring (bicyclic) bond motifs is 1. The molecular weight excluding hydrogens is 366 g/mol. The average molecular weight is 408 g/mol. The van der Waals surface area contributed by atoms with Crippen LogP contribution in [0.4, 0.5) is 0 Å². The number of aryl methyl sites for hydroxylation is 2. The molecule has 0 fully saturated rings. The van der Waals surface area contributed by atoms with Gasteiger partial charge >= 0.3 is 0 Å². The SMILES string of the molecule is C=CCC.CC.CC.CC(=N)C1=CCN=C(c2ccc(C)cc2)c2c1cn(C)c2C. The predicted molar refractivity (Wildman–Crippen MR) is 136 cm³/mol. The first-order valence-corrected chi connectivity index (χ1v) is 11.0. The van der Waals surface area contributed by atoms with Crippen molar-refractivity contribution in [2.75, 3.05) is 6.54 Å². The van der Waals surface area contributed by atoms with Gasteiger partial charge in [-0.05, 0) is 27.2 Å². The standard InChI is InChI=1S/C19H21N3.C4H8.2C2H6/c1-12-5-7-15(8-6-12)19-18-14(3)22(4)11-17(18)16(13(2)20)9-10-21-19;1-3-4-2;2*1-2/h5-9,11,20H,10H2,1-4H3;3H,1,4H2,2H3;2*1-2H3. The Labute approximate surface area is 184 Å². The van der Waals surface area contributed by atoms with Crippen LogP contribution in [0.15, 0.2) is 54.2 Å². The molecule has 2 heterocycles. The van der Waals surface area contributed by atoms with Crippen LogP contribution in [0.5, 0.6) is 0 Å². The van der Waals surface area contributed by atoms with E-state index in [0.29, 0.717) is 12.3 Å². The highest BCUT2D eigenvalue weighted by Crippen LogP contribution is 2.29. The van der Waals surface area contributed by atoms with Gasteiger partial charge in [0.1, 0.15) is 0 Å². The van der Waals surface area contributed by atoms with Gasteiger partial charge in [0.05, 0.1) is 12.3 Å². The Bertz CT molecular complexity index is 862. The van der Waals surface area contributed by atoms with Gasteiger partial charge in [0.2, 0.25) is 0 Å². The molecule has 1 aromatic carbocycles. The number of benzene rings is 1. The van der Waals surface area contributed by atoms with E-state index < -0.39 is 0 Å². The van der Waals surface area contributed by atoms with Crippen LogP contribution in [-0.2, 0) is 7.05 Å². The molecule has 1 aliphatic heterocycles. The topological polar surface area (TPSA) is 41.1 Å². The van der Waals surface area contributed by atoms with Crippen molar-refractivity contribution in [2.24, 2.45) is 12.0 Å². The number of nitrogens with zero attached hydrogens (tertiary/aromatic N) is 2. The highest BCUT2D eigenvalue weighted by Gasteiger charge is 2.22. The number of nitrogens with one attached hydrogen (secondary N) is 1. The Balaban J connectivity index is 0.000000924. The maximum Gasteiger partial charge on any atom is 0.0747 e. The van der Waals surface area contributed by atoms with Gasteiger partial charge < -0.3 is 9.98 Å². The third-order valence-electron chi connectivity index (χ3n) is 4.57. The smallest absolute Gasteiger partial charge is 0.0747 e. The Morgan fingerprint density at radius 2 is 1.67 bits per heavy atom. The first kappa shape index (κ1) is 27.3. The third-order valence-corrected chi connectivity index (χ3v) is 4.57. The summed E-state index contributed by atoms with van der Waals surface area (Å²) in [6.07, 6.45) is 7.13. The van der Waals surface area contributed by atoms with E-state index in [2.05, 4.69) is 68.5 Å². The van der Waals surface area contributed by atoms with Crippen LogP contribution in [0.3, 0.4) is 0 Å². The van der Waals surface area contributed by atoms with Gasteiger partial charge in [0.25, 0.3) is 0 Å². The summed E-state index contributed by atoms with van der Waals surface area (Å²) in [5.74, 6) is 0. The van der Waals surface area contributed by atoms with Gasteiger partial charge in [-0.2, -0.15) is 0 Å². The Morgan fingerprint density at radius 3 is 2.13 bits per heavy atom. The summed E-state index contributed by atoms with van der Waals surface area (Å²) < 4.78 is 2.12. The maximum atomic E-state index is 8.07. The van der Waals surface area contributed by atoms with E-state index in [1.54, 1.807) is 0 Å². The van der Waals surface area contributed by atoms with Crippen LogP contribution in [0.2, 0.25) is 0 Å². The summed E-state index contributed by atoms with van der Waals surface area (Å²) in [6, 6.07) is 8.51. The highest BCUT2D eigenvalue weighted by molar-refractivity contribution is 6.26. The van der Waals surface area contributed by atoms with Crippen LogP contribution in [0.1, 0.15) is 75.9 Å². The van der Waals surface area contributed by atoms with Gasteiger partial charge in [-0.1, -0.05) is 76.6 Å². The molecule has 0 saturated heterocycles. The lowest BCUT2D eigenvalue weighted by Crippen LogP contribution is -2.07. The monoisotopic (exact) mass is 407 g/mol. The lowest BCUT2D eigenvalue weighted by Gasteiger charge is -2.10. The zero-order valence-corrected chi connectivity index (χ0v) is 20.6. The first-order chi connectivity index (χ1) is 14.4. The van der Waals surface area contributed by atoms with E-state index in [0.717, 1.165) is 34.4 Å². The normalized spacial score (nSPS) is 11.5. The number of allylic oxidation sites excluding steroid dienone is 2. The zero-order valence-electron chi connectivity index (χ0n) is 20.6. The maximum absolute atomic E-state index is 8.07. The van der Waals surface area contributed by atoms with Crippen LogP contribution >= 0.6 is 0 Å². The highest BCUT2D eigenvalue weighted by atomic mass is 14.9. The zero-order chi connectivity index (χ0) is 23.3. The molecule has 0 atom stereocenters. The summed E-state index contributed by atoms with van der Waals surface area (Å²) in [4.78, 5) is 4.80. The van der Waals surface area contributed by atoms with Crippen molar-refractivity contribution in [3.63, 3.8) is 0 Å². The number of rotatable bonds is 3. The molecule has 0 unspecified atom stereocenters. The minimum absolute atomic E-state index is 0.590. The summed E-state index contributed by atoms with van der Waals surface area (Å²) in [5.41, 5.74) is 8.45. The molecule has 3 heteroatoms. The van der Waals surface area contributed by atoms with Crippen molar-refractivity contribution in [3.8, 4) is 0 Å². The molecule has 1 aliphatic rings. The first-order valence-electron chi connectivity index (χ1n) is 11.0. The number of aliphatic imine (C=N–C) groups is 1. The summed E-state index contributed by atoms with van der Waals surface area (Å²) in [5, 5.41) is 8.07. The number of aromatic nitrogens is 1. The van der Waals surface area contributed by atoms with Gasteiger partial charge in [-0.25, -0.2) is 0 Å². The number of hydrogen-bond acceptors (Lipinski definition) is 2. The lowest BCUT2D eigenvalue weighted by molar-refractivity contribution is 0.880. The number of hydrogen-bond donors (Lipinski definition) is 1. The van der Waals surface area contributed by atoms with Crippen molar-refractivity contribution in [1.29, 1.82) is 5.41 Å². The van der Waals surface area contributed by atoms with E-state index >= 15 is 0 Å². The van der Waals surface area contributed by atoms with Crippen LogP contribution < -0.4 is 0 Å². The molecule has 30 heavy (non-hydrogen) atoms. The van der Waals surface area contributed by atoms with Crippen LogP contribution in [0.25, 0.3) is 5.57 Å². The minimum atomic E-state index is 0.590. The van der Waals surface area contributed by atoms with E-state index in [4.69, 9.17) is 10.4 Å². The van der Waals surface area contributed by atoms with Crippen LogP contribution in [0, 0.1) is 19.3 Å². The Hall–Kier alpha value is -2.68. The van der Waals surface area contributed by atoms with Gasteiger partial charge in [-0.3, -0.25) is 4.99 Å². The quantitative estimate of drug-likeness (QED) is 0.403. The van der Waals surface area contributed by atoms with E-state index in [9.17, 15) is 0 Å². The molecule has 0 saturated carbocycles. The molecule has 0 spiro atoms. The fraction of sp³-hybridized carbons (Fsp3) is 0.407. The van der Waals surface area contributed by atoms with Crippen molar-refractivity contribution in [1.82, 2.24) is 4.57 Å². The molecule has 1 N–H and O–H groups in total. The predicted octanol–water partition coefficient (Wildman–Crippen LogP) is 7.55. The Kier molecular flexibility index (Phi) is 13.0. The molecule has 2 aromatic rings. The second kappa shape index (κ2) is 14.3. The second-order valence-electron chi connectivity index (χ2n) is 6.61. The molecular formula is C27H41N3. The molecule has 0 bridgehead atoms. The summed E-state index contributed by atoms with van der Waals surface area (Å²) >= 11 is 0. The Morgan fingerprint density at radius 1 is 1.13 bits per heavy atom. The molecule has 3 nitrogen and oxygen atoms in total. The summed E-state index contributed by atoms with van der Waals surface area (Å²) in [7, 11) is 2.05. The lowest BCUT2D eigenvalue weighted by atomic mass is 9.94. The molecule has 0 radical (unpaired) electrons. The fourth-order valence-electron chi connectivity index (χ4n) is 2.95. The minimum Gasteiger partial charge on any atom is -0.353 e. The molecule has 0 amide bonds. The van der Waals surface area contributed by atoms with E-state index in [-0.39, 0.29) is 0 Å². The van der Waals surface area contributed by atoms with Gasteiger partial charge in [0, 0.05) is 46.9 Å². The second-order valence-corrected chi connectivity index (χ2v) is 6.61. The van der Waals surface area contributed by atoms with Crippen molar-refractivity contribution >= 4 is 17.0 Å².